The van der Waals surface area contributed by atoms with E-state index in [4.69, 9.17) is 0 Å². The first-order valence-corrected chi connectivity index (χ1v) is 6.22. The van der Waals surface area contributed by atoms with Crippen LogP contribution in [0, 0.1) is 21.7 Å². The number of aromatic nitrogens is 1. The van der Waals surface area contributed by atoms with Gasteiger partial charge in [-0.25, -0.2) is 8.78 Å². The standard InChI is InChI=1S/C15H10F2N2O2/c16-13-4-1-10(7-14(13)17)9-18-6-5-11-2-3-12(19(20)21)8-15(11)18/h1-8H,9H2. The molecule has 0 atom stereocenters. The Balaban J connectivity index is 2.01. The summed E-state index contributed by atoms with van der Waals surface area (Å²) in [5.74, 6) is -1.80. The number of hydrogen-bond donors (Lipinski definition) is 0. The van der Waals surface area contributed by atoms with Crippen molar-refractivity contribution in [2.45, 2.75) is 6.54 Å². The number of non-ortho nitro benzene ring substituents is 1. The van der Waals surface area contributed by atoms with Crippen LogP contribution in [0.2, 0.25) is 0 Å². The van der Waals surface area contributed by atoms with Crippen molar-refractivity contribution in [1.82, 2.24) is 4.57 Å². The van der Waals surface area contributed by atoms with Crippen LogP contribution in [0.3, 0.4) is 0 Å². The highest BCUT2D eigenvalue weighted by atomic mass is 19.2. The van der Waals surface area contributed by atoms with Gasteiger partial charge in [-0.15, -0.1) is 0 Å². The van der Waals surface area contributed by atoms with E-state index in [1.165, 1.54) is 18.2 Å². The molecule has 0 amide bonds. The molecule has 0 bridgehead atoms. The maximum Gasteiger partial charge on any atom is 0.271 e. The molecule has 106 valence electrons. The summed E-state index contributed by atoms with van der Waals surface area (Å²) in [7, 11) is 0. The highest BCUT2D eigenvalue weighted by Gasteiger charge is 2.10. The zero-order valence-electron chi connectivity index (χ0n) is 10.8. The van der Waals surface area contributed by atoms with E-state index in [2.05, 4.69) is 0 Å². The Morgan fingerprint density at radius 2 is 1.86 bits per heavy atom. The lowest BCUT2D eigenvalue weighted by atomic mass is 10.2. The Morgan fingerprint density at radius 3 is 2.57 bits per heavy atom. The SMILES string of the molecule is O=[N+]([O-])c1ccc2ccn(Cc3ccc(F)c(F)c3)c2c1. The second-order valence-electron chi connectivity index (χ2n) is 4.69. The van der Waals surface area contributed by atoms with Crippen LogP contribution in [-0.4, -0.2) is 9.49 Å². The molecule has 21 heavy (non-hydrogen) atoms. The van der Waals surface area contributed by atoms with E-state index in [-0.39, 0.29) is 5.69 Å². The van der Waals surface area contributed by atoms with Gasteiger partial charge in [-0.1, -0.05) is 6.07 Å². The second kappa shape index (κ2) is 4.97. The Kier molecular flexibility index (Phi) is 3.13. The molecule has 0 fully saturated rings. The van der Waals surface area contributed by atoms with Gasteiger partial charge in [0, 0.05) is 30.3 Å². The molecule has 0 spiro atoms. The van der Waals surface area contributed by atoms with Crippen molar-refractivity contribution in [3.05, 3.63) is 76.0 Å². The zero-order valence-corrected chi connectivity index (χ0v) is 10.8. The van der Waals surface area contributed by atoms with Crippen molar-refractivity contribution in [2.24, 2.45) is 0 Å². The van der Waals surface area contributed by atoms with Gasteiger partial charge in [0.05, 0.1) is 10.4 Å². The first kappa shape index (κ1) is 13.2. The molecular formula is C15H10F2N2O2. The quantitative estimate of drug-likeness (QED) is 0.542. The lowest BCUT2D eigenvalue weighted by Crippen LogP contribution is -1.99. The van der Waals surface area contributed by atoms with Crippen molar-refractivity contribution in [3.8, 4) is 0 Å². The Morgan fingerprint density at radius 1 is 1.05 bits per heavy atom. The third-order valence-corrected chi connectivity index (χ3v) is 3.31. The number of nitrogens with zero attached hydrogens (tertiary/aromatic N) is 2. The number of hydrogen-bond acceptors (Lipinski definition) is 2. The van der Waals surface area contributed by atoms with Gasteiger partial charge < -0.3 is 4.57 Å². The molecule has 0 aliphatic carbocycles. The van der Waals surface area contributed by atoms with Crippen molar-refractivity contribution < 1.29 is 13.7 Å². The predicted octanol–water partition coefficient (Wildman–Crippen LogP) is 3.88. The molecule has 3 rings (SSSR count). The molecule has 0 radical (unpaired) electrons. The molecule has 0 aliphatic heterocycles. The molecule has 0 saturated heterocycles. The van der Waals surface area contributed by atoms with Crippen LogP contribution in [0.15, 0.2) is 48.7 Å². The van der Waals surface area contributed by atoms with Gasteiger partial charge in [-0.2, -0.15) is 0 Å². The van der Waals surface area contributed by atoms with Gasteiger partial charge in [-0.3, -0.25) is 10.1 Å². The van der Waals surface area contributed by atoms with Crippen molar-refractivity contribution >= 4 is 16.6 Å². The minimum absolute atomic E-state index is 0.00673. The maximum atomic E-state index is 13.2. The lowest BCUT2D eigenvalue weighted by molar-refractivity contribution is -0.384. The number of rotatable bonds is 3. The van der Waals surface area contributed by atoms with E-state index in [0.717, 1.165) is 17.5 Å². The number of benzene rings is 2. The lowest BCUT2D eigenvalue weighted by Gasteiger charge is -2.06. The van der Waals surface area contributed by atoms with Gasteiger partial charge in [0.15, 0.2) is 11.6 Å². The molecule has 6 heteroatoms. The molecule has 1 aromatic heterocycles. The normalized spacial score (nSPS) is 11.0. The Labute approximate surface area is 118 Å². The minimum atomic E-state index is -0.907. The van der Waals surface area contributed by atoms with E-state index < -0.39 is 16.6 Å². The maximum absolute atomic E-state index is 13.2. The summed E-state index contributed by atoms with van der Waals surface area (Å²) in [6.07, 6.45) is 1.76. The van der Waals surface area contributed by atoms with Gasteiger partial charge in [0.2, 0.25) is 0 Å². The Hall–Kier alpha value is -2.76. The zero-order chi connectivity index (χ0) is 15.0. The first-order chi connectivity index (χ1) is 10.0. The van der Waals surface area contributed by atoms with Gasteiger partial charge in [0.1, 0.15) is 0 Å². The van der Waals surface area contributed by atoms with Gasteiger partial charge in [-0.05, 0) is 29.8 Å². The van der Waals surface area contributed by atoms with Crippen LogP contribution in [0.1, 0.15) is 5.56 Å². The van der Waals surface area contributed by atoms with Crippen LogP contribution in [0.25, 0.3) is 10.9 Å². The number of nitro groups is 1. The summed E-state index contributed by atoms with van der Waals surface area (Å²) in [6, 6.07) is 10.1. The number of fused-ring (bicyclic) bond motifs is 1. The fraction of sp³-hybridized carbons (Fsp3) is 0.0667. The van der Waals surface area contributed by atoms with Gasteiger partial charge >= 0.3 is 0 Å². The minimum Gasteiger partial charge on any atom is -0.343 e. The monoisotopic (exact) mass is 288 g/mol. The Bertz CT molecular complexity index is 843. The molecular weight excluding hydrogens is 278 g/mol. The molecule has 4 nitrogen and oxygen atoms in total. The molecule has 0 saturated carbocycles. The predicted molar refractivity (Wildman–Crippen MR) is 74.1 cm³/mol. The van der Waals surface area contributed by atoms with Crippen LogP contribution < -0.4 is 0 Å². The van der Waals surface area contributed by atoms with Crippen molar-refractivity contribution in [2.75, 3.05) is 0 Å². The van der Waals surface area contributed by atoms with E-state index >= 15 is 0 Å². The van der Waals surface area contributed by atoms with E-state index in [9.17, 15) is 18.9 Å². The second-order valence-corrected chi connectivity index (χ2v) is 4.69. The average Bonchev–Trinajstić information content (AvgIpc) is 2.85. The highest BCUT2D eigenvalue weighted by molar-refractivity contribution is 5.82. The fourth-order valence-corrected chi connectivity index (χ4v) is 2.26. The van der Waals surface area contributed by atoms with E-state index in [0.29, 0.717) is 17.6 Å². The van der Waals surface area contributed by atoms with Crippen LogP contribution in [0.4, 0.5) is 14.5 Å². The molecule has 0 aliphatic rings. The van der Waals surface area contributed by atoms with Crippen molar-refractivity contribution in [3.63, 3.8) is 0 Å². The number of halogens is 2. The van der Waals surface area contributed by atoms with Crippen LogP contribution >= 0.6 is 0 Å². The number of nitro benzene ring substituents is 1. The average molecular weight is 288 g/mol. The third kappa shape index (κ3) is 2.47. The smallest absolute Gasteiger partial charge is 0.271 e. The molecule has 1 heterocycles. The summed E-state index contributed by atoms with van der Waals surface area (Å²) < 4.78 is 27.9. The largest absolute Gasteiger partial charge is 0.343 e. The first-order valence-electron chi connectivity index (χ1n) is 6.22. The molecule has 0 N–H and O–H groups in total. The molecule has 3 aromatic rings. The summed E-state index contributed by atoms with van der Waals surface area (Å²) in [4.78, 5) is 10.4. The summed E-state index contributed by atoms with van der Waals surface area (Å²) in [5.41, 5.74) is 1.25. The summed E-state index contributed by atoms with van der Waals surface area (Å²) >= 11 is 0. The van der Waals surface area contributed by atoms with Gasteiger partial charge in [0.25, 0.3) is 5.69 Å². The third-order valence-electron chi connectivity index (χ3n) is 3.31. The summed E-state index contributed by atoms with van der Waals surface area (Å²) in [6.45, 7) is 0.307. The summed E-state index contributed by atoms with van der Waals surface area (Å²) in [5, 5.41) is 11.7. The molecule has 2 aromatic carbocycles. The van der Waals surface area contributed by atoms with Crippen molar-refractivity contribution in [1.29, 1.82) is 0 Å². The highest BCUT2D eigenvalue weighted by Crippen LogP contribution is 2.23. The van der Waals surface area contributed by atoms with Crippen LogP contribution in [-0.2, 0) is 6.54 Å². The molecule has 0 unspecified atom stereocenters. The topological polar surface area (TPSA) is 48.1 Å². The van der Waals surface area contributed by atoms with Crippen LogP contribution in [0.5, 0.6) is 0 Å². The fourth-order valence-electron chi connectivity index (χ4n) is 2.26. The van der Waals surface area contributed by atoms with E-state index in [1.54, 1.807) is 16.8 Å². The van der Waals surface area contributed by atoms with E-state index in [1.807, 2.05) is 6.07 Å².